The SMILES string of the molecule is CSCC[C@H](NC(=O)c1ccc(CN)cc1)C(=O)Cc1nc(-c2ccccc2)cs1. The summed E-state index contributed by atoms with van der Waals surface area (Å²) >= 11 is 3.12. The van der Waals surface area contributed by atoms with E-state index in [4.69, 9.17) is 5.73 Å². The van der Waals surface area contributed by atoms with E-state index in [-0.39, 0.29) is 18.1 Å². The predicted octanol–water partition coefficient (Wildman–Crippen LogP) is 3.93. The zero-order valence-corrected chi connectivity index (χ0v) is 18.5. The van der Waals surface area contributed by atoms with Gasteiger partial charge in [0.1, 0.15) is 5.01 Å². The van der Waals surface area contributed by atoms with Gasteiger partial charge >= 0.3 is 0 Å². The normalized spacial score (nSPS) is 11.8. The van der Waals surface area contributed by atoms with Gasteiger partial charge in [0.25, 0.3) is 5.91 Å². The Morgan fingerprint density at radius 1 is 1.13 bits per heavy atom. The van der Waals surface area contributed by atoms with Crippen molar-refractivity contribution in [2.24, 2.45) is 5.73 Å². The summed E-state index contributed by atoms with van der Waals surface area (Å²) in [6, 6.07) is 16.5. The molecule has 1 amide bonds. The minimum atomic E-state index is -0.539. The van der Waals surface area contributed by atoms with Crippen LogP contribution in [0, 0.1) is 0 Å². The second-order valence-corrected chi connectivity index (χ2v) is 8.77. The van der Waals surface area contributed by atoms with E-state index in [9.17, 15) is 9.59 Å². The second-order valence-electron chi connectivity index (χ2n) is 6.84. The maximum Gasteiger partial charge on any atom is 0.251 e. The van der Waals surface area contributed by atoms with Gasteiger partial charge in [-0.05, 0) is 36.1 Å². The fourth-order valence-electron chi connectivity index (χ4n) is 2.99. The third kappa shape index (κ3) is 6.01. The summed E-state index contributed by atoms with van der Waals surface area (Å²) in [5.41, 5.74) is 8.99. The summed E-state index contributed by atoms with van der Waals surface area (Å²) in [6.07, 6.45) is 2.79. The molecule has 0 aliphatic carbocycles. The number of Topliss-reactive ketones (excluding diaryl/α,β-unsaturated/α-hetero) is 1. The standard InChI is InChI=1S/C23H25N3O2S2/c1-29-12-11-19(26-23(28)18-9-7-16(14-24)8-10-18)21(27)13-22-25-20(15-30-22)17-5-3-2-4-6-17/h2-10,15,19H,11-14,24H2,1H3,(H,26,28)/t19-/m0/s1. The molecule has 1 atom stereocenters. The molecule has 3 rings (SSSR count). The number of nitrogens with one attached hydrogen (secondary N) is 1. The van der Waals surface area contributed by atoms with Crippen LogP contribution in [0.4, 0.5) is 0 Å². The Balaban J connectivity index is 1.67. The van der Waals surface area contributed by atoms with Crippen LogP contribution >= 0.6 is 23.1 Å². The van der Waals surface area contributed by atoms with Crippen LogP contribution in [0.25, 0.3) is 11.3 Å². The number of ketones is 1. The summed E-state index contributed by atoms with van der Waals surface area (Å²) in [6.45, 7) is 0.426. The Morgan fingerprint density at radius 3 is 2.53 bits per heavy atom. The lowest BCUT2D eigenvalue weighted by Gasteiger charge is -2.17. The van der Waals surface area contributed by atoms with Gasteiger partial charge in [-0.2, -0.15) is 11.8 Å². The highest BCUT2D eigenvalue weighted by molar-refractivity contribution is 7.98. The van der Waals surface area contributed by atoms with Crippen molar-refractivity contribution < 1.29 is 9.59 Å². The van der Waals surface area contributed by atoms with Crippen LogP contribution in [-0.2, 0) is 17.8 Å². The van der Waals surface area contributed by atoms with Gasteiger partial charge in [-0.3, -0.25) is 9.59 Å². The molecular formula is C23H25N3O2S2. The predicted molar refractivity (Wildman–Crippen MR) is 125 cm³/mol. The number of nitrogens with two attached hydrogens (primary N) is 1. The molecule has 0 bridgehead atoms. The van der Waals surface area contributed by atoms with Gasteiger partial charge in [0, 0.05) is 23.1 Å². The number of thiazole rings is 1. The summed E-state index contributed by atoms with van der Waals surface area (Å²) in [5, 5.41) is 5.63. The highest BCUT2D eigenvalue weighted by Crippen LogP contribution is 2.22. The van der Waals surface area contributed by atoms with E-state index in [1.807, 2.05) is 54.1 Å². The molecular weight excluding hydrogens is 414 g/mol. The van der Waals surface area contributed by atoms with Crippen molar-refractivity contribution in [1.29, 1.82) is 0 Å². The quantitative estimate of drug-likeness (QED) is 0.500. The van der Waals surface area contributed by atoms with Crippen molar-refractivity contribution in [2.75, 3.05) is 12.0 Å². The molecule has 2 aromatic carbocycles. The first-order valence-electron chi connectivity index (χ1n) is 9.72. The van der Waals surface area contributed by atoms with Crippen molar-refractivity contribution in [3.8, 4) is 11.3 Å². The Labute approximate surface area is 185 Å². The van der Waals surface area contributed by atoms with Crippen LogP contribution in [0.2, 0.25) is 0 Å². The Morgan fingerprint density at radius 2 is 1.87 bits per heavy atom. The van der Waals surface area contributed by atoms with E-state index in [0.717, 1.165) is 27.6 Å². The smallest absolute Gasteiger partial charge is 0.251 e. The number of amides is 1. The zero-order valence-electron chi connectivity index (χ0n) is 16.8. The Bertz CT molecular complexity index is 972. The molecule has 3 N–H and O–H groups in total. The van der Waals surface area contributed by atoms with Gasteiger partial charge in [-0.1, -0.05) is 42.5 Å². The monoisotopic (exact) mass is 439 g/mol. The molecule has 0 aliphatic rings. The number of benzene rings is 2. The second kappa shape index (κ2) is 11.1. The van der Waals surface area contributed by atoms with Gasteiger partial charge in [0.05, 0.1) is 18.2 Å². The number of thioether (sulfide) groups is 1. The molecule has 0 radical (unpaired) electrons. The highest BCUT2D eigenvalue weighted by atomic mass is 32.2. The van der Waals surface area contributed by atoms with E-state index < -0.39 is 6.04 Å². The van der Waals surface area contributed by atoms with Crippen LogP contribution in [-0.4, -0.2) is 34.7 Å². The first kappa shape index (κ1) is 22.2. The van der Waals surface area contributed by atoms with Gasteiger partial charge in [-0.25, -0.2) is 4.98 Å². The van der Waals surface area contributed by atoms with Crippen molar-refractivity contribution in [3.63, 3.8) is 0 Å². The lowest BCUT2D eigenvalue weighted by atomic mass is 10.1. The maximum absolute atomic E-state index is 13.0. The van der Waals surface area contributed by atoms with Crippen LogP contribution < -0.4 is 11.1 Å². The Kier molecular flexibility index (Phi) is 8.19. The fourth-order valence-corrected chi connectivity index (χ4v) is 4.27. The van der Waals surface area contributed by atoms with Crippen LogP contribution in [0.15, 0.2) is 60.0 Å². The number of carbonyl (C=O) groups is 2. The summed E-state index contributed by atoms with van der Waals surface area (Å²) in [5.74, 6) is 0.516. The van der Waals surface area contributed by atoms with Crippen LogP contribution in [0.1, 0.15) is 27.3 Å². The molecule has 0 fully saturated rings. The topological polar surface area (TPSA) is 85.1 Å². The molecule has 30 heavy (non-hydrogen) atoms. The lowest BCUT2D eigenvalue weighted by molar-refractivity contribution is -0.120. The maximum atomic E-state index is 13.0. The Hall–Kier alpha value is -2.48. The first-order chi connectivity index (χ1) is 14.6. The molecule has 0 unspecified atom stereocenters. The molecule has 0 aliphatic heterocycles. The molecule has 0 spiro atoms. The zero-order chi connectivity index (χ0) is 21.3. The van der Waals surface area contributed by atoms with Gasteiger partial charge in [0.15, 0.2) is 5.78 Å². The first-order valence-corrected chi connectivity index (χ1v) is 12.0. The number of nitrogens with zero attached hydrogens (tertiary/aromatic N) is 1. The minimum absolute atomic E-state index is 0.0232. The number of hydrogen-bond donors (Lipinski definition) is 2. The molecule has 1 heterocycles. The molecule has 156 valence electrons. The molecule has 7 heteroatoms. The average molecular weight is 440 g/mol. The van der Waals surface area contributed by atoms with Crippen LogP contribution in [0.3, 0.4) is 0 Å². The molecule has 0 saturated heterocycles. The lowest BCUT2D eigenvalue weighted by Crippen LogP contribution is -2.42. The van der Waals surface area contributed by atoms with E-state index in [1.165, 1.54) is 11.3 Å². The molecule has 1 aromatic heterocycles. The number of aromatic nitrogens is 1. The summed E-state index contributed by atoms with van der Waals surface area (Å²) < 4.78 is 0. The van der Waals surface area contributed by atoms with Crippen molar-refractivity contribution >= 4 is 34.8 Å². The van der Waals surface area contributed by atoms with Gasteiger partial charge in [-0.15, -0.1) is 11.3 Å². The van der Waals surface area contributed by atoms with E-state index in [1.54, 1.807) is 23.9 Å². The summed E-state index contributed by atoms with van der Waals surface area (Å²) in [7, 11) is 0. The van der Waals surface area contributed by atoms with Crippen molar-refractivity contribution in [2.45, 2.75) is 25.4 Å². The van der Waals surface area contributed by atoms with E-state index in [0.29, 0.717) is 18.5 Å². The highest BCUT2D eigenvalue weighted by Gasteiger charge is 2.22. The van der Waals surface area contributed by atoms with Crippen LogP contribution in [0.5, 0.6) is 0 Å². The largest absolute Gasteiger partial charge is 0.342 e. The van der Waals surface area contributed by atoms with Crippen molar-refractivity contribution in [1.82, 2.24) is 10.3 Å². The molecule has 0 saturated carbocycles. The summed E-state index contributed by atoms with van der Waals surface area (Å²) in [4.78, 5) is 30.2. The molecule has 5 nitrogen and oxygen atoms in total. The minimum Gasteiger partial charge on any atom is -0.342 e. The third-order valence-corrected chi connectivity index (χ3v) is 6.20. The number of carbonyl (C=O) groups excluding carboxylic acids is 2. The number of rotatable bonds is 10. The van der Waals surface area contributed by atoms with Crippen molar-refractivity contribution in [3.05, 3.63) is 76.1 Å². The number of hydrogen-bond acceptors (Lipinski definition) is 6. The fraction of sp³-hybridized carbons (Fsp3) is 0.261. The van der Waals surface area contributed by atoms with E-state index >= 15 is 0 Å². The molecule has 3 aromatic rings. The van der Waals surface area contributed by atoms with E-state index in [2.05, 4.69) is 10.3 Å². The van der Waals surface area contributed by atoms with Gasteiger partial charge < -0.3 is 11.1 Å². The van der Waals surface area contributed by atoms with Gasteiger partial charge in [0.2, 0.25) is 0 Å². The average Bonchev–Trinajstić information content (AvgIpc) is 3.25. The third-order valence-electron chi connectivity index (χ3n) is 4.70.